The maximum absolute atomic E-state index is 5.66. The molecule has 1 saturated heterocycles. The highest BCUT2D eigenvalue weighted by Gasteiger charge is 2.18. The summed E-state index contributed by atoms with van der Waals surface area (Å²) < 4.78 is 5.66. The van der Waals surface area contributed by atoms with E-state index in [0.29, 0.717) is 12.1 Å². The van der Waals surface area contributed by atoms with Gasteiger partial charge in [-0.2, -0.15) is 0 Å². The van der Waals surface area contributed by atoms with Crippen molar-refractivity contribution in [2.45, 2.75) is 64.6 Å². The number of aryl methyl sites for hydroxylation is 1. The van der Waals surface area contributed by atoms with E-state index in [4.69, 9.17) is 4.42 Å². The molecule has 0 bridgehead atoms. The van der Waals surface area contributed by atoms with Crippen molar-refractivity contribution in [3.63, 3.8) is 0 Å². The van der Waals surface area contributed by atoms with Gasteiger partial charge < -0.3 is 15.1 Å². The molecule has 3 unspecified atom stereocenters. The van der Waals surface area contributed by atoms with Crippen LogP contribution in [0.2, 0.25) is 0 Å². The molecule has 2 N–H and O–H groups in total. The zero-order valence-electron chi connectivity index (χ0n) is 11.8. The van der Waals surface area contributed by atoms with E-state index in [1.165, 1.54) is 32.2 Å². The van der Waals surface area contributed by atoms with E-state index in [9.17, 15) is 0 Å². The van der Waals surface area contributed by atoms with Crippen LogP contribution in [-0.2, 0) is 0 Å². The third-order valence-corrected chi connectivity index (χ3v) is 3.77. The number of hydrogen-bond acceptors (Lipinski definition) is 3. The van der Waals surface area contributed by atoms with Crippen LogP contribution in [0, 0.1) is 6.92 Å². The van der Waals surface area contributed by atoms with Crippen LogP contribution in [-0.4, -0.2) is 18.6 Å². The van der Waals surface area contributed by atoms with E-state index >= 15 is 0 Å². The third-order valence-electron chi connectivity index (χ3n) is 3.77. The van der Waals surface area contributed by atoms with Gasteiger partial charge in [0, 0.05) is 12.1 Å². The average Bonchev–Trinajstić information content (AvgIpc) is 2.77. The number of furan rings is 1. The summed E-state index contributed by atoms with van der Waals surface area (Å²) in [6.45, 7) is 7.61. The standard InChI is InChI=1S/C15H26N2O/c1-11(10-14-6-4-5-9-16-14)17-13(3)15-8-7-12(2)18-15/h7-8,11,13-14,16-17H,4-6,9-10H2,1-3H3. The van der Waals surface area contributed by atoms with Crippen LogP contribution in [0.3, 0.4) is 0 Å². The van der Waals surface area contributed by atoms with Crippen LogP contribution in [0.4, 0.5) is 0 Å². The lowest BCUT2D eigenvalue weighted by atomic mass is 9.98. The van der Waals surface area contributed by atoms with Gasteiger partial charge in [-0.1, -0.05) is 6.42 Å². The summed E-state index contributed by atoms with van der Waals surface area (Å²) in [6, 6.07) is 5.59. The second-order valence-corrected chi connectivity index (χ2v) is 5.62. The molecule has 3 heteroatoms. The van der Waals surface area contributed by atoms with Crippen LogP contribution < -0.4 is 10.6 Å². The molecule has 0 spiro atoms. The van der Waals surface area contributed by atoms with Crippen molar-refractivity contribution in [3.8, 4) is 0 Å². The first kappa shape index (κ1) is 13.6. The molecule has 3 atom stereocenters. The van der Waals surface area contributed by atoms with Crippen molar-refractivity contribution in [1.82, 2.24) is 10.6 Å². The van der Waals surface area contributed by atoms with Gasteiger partial charge in [0.15, 0.2) is 0 Å². The second kappa shape index (κ2) is 6.39. The van der Waals surface area contributed by atoms with Gasteiger partial charge in [-0.15, -0.1) is 0 Å². The zero-order valence-corrected chi connectivity index (χ0v) is 11.8. The minimum Gasteiger partial charge on any atom is -0.465 e. The smallest absolute Gasteiger partial charge is 0.120 e. The fraction of sp³-hybridized carbons (Fsp3) is 0.733. The highest BCUT2D eigenvalue weighted by molar-refractivity contribution is 5.09. The summed E-state index contributed by atoms with van der Waals surface area (Å²) in [5.41, 5.74) is 0. The Hall–Kier alpha value is -0.800. The van der Waals surface area contributed by atoms with E-state index in [1.54, 1.807) is 0 Å². The lowest BCUT2D eigenvalue weighted by Gasteiger charge is -2.27. The first-order chi connectivity index (χ1) is 8.65. The van der Waals surface area contributed by atoms with E-state index in [0.717, 1.165) is 11.5 Å². The lowest BCUT2D eigenvalue weighted by molar-refractivity contribution is 0.320. The fourth-order valence-corrected chi connectivity index (χ4v) is 2.82. The van der Waals surface area contributed by atoms with Gasteiger partial charge >= 0.3 is 0 Å². The van der Waals surface area contributed by atoms with Crippen molar-refractivity contribution in [1.29, 1.82) is 0 Å². The van der Waals surface area contributed by atoms with Crippen molar-refractivity contribution >= 4 is 0 Å². The SMILES string of the molecule is Cc1ccc(C(C)NC(C)CC2CCCCN2)o1. The highest BCUT2D eigenvalue weighted by Crippen LogP contribution is 2.18. The van der Waals surface area contributed by atoms with Gasteiger partial charge in [-0.3, -0.25) is 0 Å². The molecule has 1 fully saturated rings. The van der Waals surface area contributed by atoms with E-state index in [1.807, 2.05) is 13.0 Å². The fourth-order valence-electron chi connectivity index (χ4n) is 2.82. The normalized spacial score (nSPS) is 23.8. The van der Waals surface area contributed by atoms with E-state index in [-0.39, 0.29) is 6.04 Å². The maximum Gasteiger partial charge on any atom is 0.120 e. The summed E-state index contributed by atoms with van der Waals surface area (Å²) in [4.78, 5) is 0. The Bertz CT molecular complexity index is 355. The van der Waals surface area contributed by atoms with Crippen LogP contribution in [0.1, 0.15) is 57.1 Å². The molecule has 1 aliphatic heterocycles. The monoisotopic (exact) mass is 250 g/mol. The Balaban J connectivity index is 1.77. The van der Waals surface area contributed by atoms with E-state index < -0.39 is 0 Å². The molecule has 0 aliphatic carbocycles. The molecule has 0 amide bonds. The van der Waals surface area contributed by atoms with Gasteiger partial charge in [0.2, 0.25) is 0 Å². The lowest BCUT2D eigenvalue weighted by Crippen LogP contribution is -2.40. The second-order valence-electron chi connectivity index (χ2n) is 5.62. The van der Waals surface area contributed by atoms with Crippen molar-refractivity contribution < 1.29 is 4.42 Å². The summed E-state index contributed by atoms with van der Waals surface area (Å²) in [7, 11) is 0. The van der Waals surface area contributed by atoms with Gasteiger partial charge in [0.1, 0.15) is 11.5 Å². The largest absolute Gasteiger partial charge is 0.465 e. The molecule has 18 heavy (non-hydrogen) atoms. The molecule has 2 rings (SSSR count). The predicted octanol–water partition coefficient (Wildman–Crippen LogP) is 3.16. The van der Waals surface area contributed by atoms with Crippen LogP contribution in [0.15, 0.2) is 16.5 Å². The highest BCUT2D eigenvalue weighted by atomic mass is 16.3. The molecule has 1 aliphatic rings. The van der Waals surface area contributed by atoms with Crippen LogP contribution in [0.5, 0.6) is 0 Å². The summed E-state index contributed by atoms with van der Waals surface area (Å²) >= 11 is 0. The van der Waals surface area contributed by atoms with Crippen molar-refractivity contribution in [2.24, 2.45) is 0 Å². The molecule has 0 aromatic carbocycles. The number of rotatable bonds is 5. The topological polar surface area (TPSA) is 37.2 Å². The Morgan fingerprint density at radius 2 is 2.22 bits per heavy atom. The van der Waals surface area contributed by atoms with Gasteiger partial charge in [0.05, 0.1) is 6.04 Å². The first-order valence-corrected chi connectivity index (χ1v) is 7.21. The quantitative estimate of drug-likeness (QED) is 0.843. The Labute approximate surface area is 110 Å². The molecule has 102 valence electrons. The Kier molecular flexibility index (Phi) is 4.84. The minimum atomic E-state index is 0.289. The summed E-state index contributed by atoms with van der Waals surface area (Å²) in [5, 5.41) is 7.23. The zero-order chi connectivity index (χ0) is 13.0. The first-order valence-electron chi connectivity index (χ1n) is 7.21. The number of hydrogen-bond donors (Lipinski definition) is 2. The number of nitrogens with one attached hydrogen (secondary N) is 2. The van der Waals surface area contributed by atoms with Crippen LogP contribution >= 0.6 is 0 Å². The Morgan fingerprint density at radius 1 is 1.39 bits per heavy atom. The van der Waals surface area contributed by atoms with Gasteiger partial charge in [-0.25, -0.2) is 0 Å². The molecule has 3 nitrogen and oxygen atoms in total. The predicted molar refractivity (Wildman–Crippen MR) is 74.7 cm³/mol. The molecule has 1 aromatic rings. The van der Waals surface area contributed by atoms with Crippen molar-refractivity contribution in [2.75, 3.05) is 6.54 Å². The van der Waals surface area contributed by atoms with Crippen molar-refractivity contribution in [3.05, 3.63) is 23.7 Å². The molecule has 2 heterocycles. The van der Waals surface area contributed by atoms with Gasteiger partial charge in [0.25, 0.3) is 0 Å². The number of piperidine rings is 1. The molecule has 0 radical (unpaired) electrons. The third kappa shape index (κ3) is 3.85. The summed E-state index contributed by atoms with van der Waals surface area (Å²) in [6.07, 6.45) is 5.22. The average molecular weight is 250 g/mol. The molecule has 0 saturated carbocycles. The Morgan fingerprint density at radius 3 is 2.83 bits per heavy atom. The molecule has 1 aromatic heterocycles. The molecular formula is C15H26N2O. The molecular weight excluding hydrogens is 224 g/mol. The van der Waals surface area contributed by atoms with Crippen LogP contribution in [0.25, 0.3) is 0 Å². The minimum absolute atomic E-state index is 0.289. The summed E-state index contributed by atoms with van der Waals surface area (Å²) in [5.74, 6) is 2.02. The van der Waals surface area contributed by atoms with E-state index in [2.05, 4.69) is 30.5 Å². The maximum atomic E-state index is 5.66. The van der Waals surface area contributed by atoms with Gasteiger partial charge in [-0.05, 0) is 58.7 Å².